The van der Waals surface area contributed by atoms with Crippen LogP contribution >= 0.6 is 12.4 Å². The smallest absolute Gasteiger partial charge is 0.242 e. The number of hydrogen-bond donors (Lipinski definition) is 2. The van der Waals surface area contributed by atoms with Gasteiger partial charge in [0.15, 0.2) is 0 Å². The first-order valence-electron chi connectivity index (χ1n) is 8.34. The molecular weight excluding hydrogens is 378 g/mol. The molecule has 2 rings (SSSR count). The van der Waals surface area contributed by atoms with Crippen LogP contribution in [0.3, 0.4) is 0 Å². The largest absolute Gasteiger partial charge is 0.381 e. The maximum atomic E-state index is 12.7. The molecule has 0 aromatic heterocycles. The first-order chi connectivity index (χ1) is 11.7. The Bertz CT molecular complexity index is 701. The highest BCUT2D eigenvalue weighted by molar-refractivity contribution is 7.89. The van der Waals surface area contributed by atoms with E-state index < -0.39 is 15.4 Å². The maximum Gasteiger partial charge on any atom is 0.242 e. The zero-order valence-corrected chi connectivity index (χ0v) is 17.0. The van der Waals surface area contributed by atoms with Crippen molar-refractivity contribution < 1.29 is 17.9 Å². The van der Waals surface area contributed by atoms with Crippen LogP contribution in [0.4, 0.5) is 0 Å². The van der Waals surface area contributed by atoms with E-state index in [0.29, 0.717) is 26.1 Å². The maximum absolute atomic E-state index is 12.7. The monoisotopic (exact) mass is 405 g/mol. The second kappa shape index (κ2) is 9.14. The Kier molecular flexibility index (Phi) is 8.04. The molecule has 0 spiro atoms. The van der Waals surface area contributed by atoms with Crippen molar-refractivity contribution in [2.75, 3.05) is 33.9 Å². The summed E-state index contributed by atoms with van der Waals surface area (Å²) in [5.41, 5.74) is 6.12. The van der Waals surface area contributed by atoms with Crippen molar-refractivity contribution >= 4 is 28.3 Å². The third-order valence-corrected chi connectivity index (χ3v) is 6.66. The van der Waals surface area contributed by atoms with Crippen molar-refractivity contribution in [2.24, 2.45) is 11.1 Å². The van der Waals surface area contributed by atoms with E-state index in [4.69, 9.17) is 10.5 Å². The van der Waals surface area contributed by atoms with Gasteiger partial charge in [0.05, 0.1) is 16.4 Å². The predicted molar refractivity (Wildman–Crippen MR) is 103 cm³/mol. The van der Waals surface area contributed by atoms with Crippen LogP contribution in [0.15, 0.2) is 29.2 Å². The fourth-order valence-electron chi connectivity index (χ4n) is 2.86. The van der Waals surface area contributed by atoms with Crippen molar-refractivity contribution in [2.45, 2.75) is 30.7 Å². The third kappa shape index (κ3) is 4.75. The molecule has 1 saturated heterocycles. The SMILES string of the molecule is CC(NC(=O)C1(CN)CCOCC1)c1ccc(S(=O)(=O)N(C)C)cc1.Cl. The van der Waals surface area contributed by atoms with Gasteiger partial charge in [0.2, 0.25) is 15.9 Å². The number of nitrogens with two attached hydrogens (primary N) is 1. The van der Waals surface area contributed by atoms with E-state index >= 15 is 0 Å². The van der Waals surface area contributed by atoms with Gasteiger partial charge >= 0.3 is 0 Å². The van der Waals surface area contributed by atoms with Crippen LogP contribution < -0.4 is 11.1 Å². The summed E-state index contributed by atoms with van der Waals surface area (Å²) in [7, 11) is -0.473. The molecule has 1 fully saturated rings. The molecule has 148 valence electrons. The standard InChI is InChI=1S/C17H27N3O4S.ClH/c1-13(19-16(21)17(12-18)8-10-24-11-9-17)14-4-6-15(7-5-14)25(22,23)20(2)3;/h4-7,13H,8-12,18H2,1-3H3,(H,19,21);1H. The molecule has 1 unspecified atom stereocenters. The Balaban J connectivity index is 0.00000338. The minimum atomic E-state index is -3.46. The van der Waals surface area contributed by atoms with Gasteiger partial charge in [-0.2, -0.15) is 0 Å². The molecule has 9 heteroatoms. The number of carbonyl (C=O) groups is 1. The molecule has 1 amide bonds. The van der Waals surface area contributed by atoms with Crippen molar-refractivity contribution in [3.05, 3.63) is 29.8 Å². The van der Waals surface area contributed by atoms with Crippen LogP contribution in [-0.4, -0.2) is 52.5 Å². The number of rotatable bonds is 6. The Morgan fingerprint density at radius 2 is 1.81 bits per heavy atom. The van der Waals surface area contributed by atoms with E-state index in [1.165, 1.54) is 18.4 Å². The summed E-state index contributed by atoms with van der Waals surface area (Å²) in [6.07, 6.45) is 1.23. The van der Waals surface area contributed by atoms with Crippen LogP contribution in [0.1, 0.15) is 31.4 Å². The molecule has 1 aromatic carbocycles. The molecule has 26 heavy (non-hydrogen) atoms. The average Bonchev–Trinajstić information content (AvgIpc) is 2.62. The Labute approximate surface area is 161 Å². The second-order valence-electron chi connectivity index (χ2n) is 6.65. The summed E-state index contributed by atoms with van der Waals surface area (Å²) >= 11 is 0. The molecule has 0 bridgehead atoms. The van der Waals surface area contributed by atoms with Crippen LogP contribution in [0.25, 0.3) is 0 Å². The van der Waals surface area contributed by atoms with Crippen molar-refractivity contribution in [3.8, 4) is 0 Å². The summed E-state index contributed by atoms with van der Waals surface area (Å²) in [5.74, 6) is -0.0733. The van der Waals surface area contributed by atoms with Gasteiger partial charge in [0.1, 0.15) is 0 Å². The number of sulfonamides is 1. The van der Waals surface area contributed by atoms with Crippen LogP contribution in [0.2, 0.25) is 0 Å². The summed E-state index contributed by atoms with van der Waals surface area (Å²) < 4.78 is 30.7. The number of ether oxygens (including phenoxy) is 1. The van der Waals surface area contributed by atoms with Crippen LogP contribution in [0, 0.1) is 5.41 Å². The third-order valence-electron chi connectivity index (χ3n) is 4.83. The first-order valence-corrected chi connectivity index (χ1v) is 9.78. The molecule has 0 radical (unpaired) electrons. The number of amides is 1. The number of nitrogens with one attached hydrogen (secondary N) is 1. The van der Waals surface area contributed by atoms with Crippen LogP contribution in [-0.2, 0) is 19.6 Å². The van der Waals surface area contributed by atoms with Gasteiger partial charge < -0.3 is 15.8 Å². The number of hydrogen-bond acceptors (Lipinski definition) is 5. The van der Waals surface area contributed by atoms with E-state index in [-0.39, 0.29) is 35.8 Å². The predicted octanol–water partition coefficient (Wildman–Crippen LogP) is 1.29. The molecule has 1 aromatic rings. The number of benzene rings is 1. The molecule has 0 saturated carbocycles. The Hall–Kier alpha value is -1.19. The number of carbonyl (C=O) groups excluding carboxylic acids is 1. The summed E-state index contributed by atoms with van der Waals surface area (Å²) in [6, 6.07) is 6.32. The zero-order valence-electron chi connectivity index (χ0n) is 15.4. The highest BCUT2D eigenvalue weighted by Gasteiger charge is 2.39. The van der Waals surface area contributed by atoms with Gasteiger partial charge in [0, 0.05) is 33.9 Å². The fraction of sp³-hybridized carbons (Fsp3) is 0.588. The average molecular weight is 406 g/mol. The Morgan fingerprint density at radius 1 is 1.27 bits per heavy atom. The van der Waals surface area contributed by atoms with E-state index in [2.05, 4.69) is 5.32 Å². The van der Waals surface area contributed by atoms with E-state index in [1.807, 2.05) is 6.92 Å². The summed E-state index contributed by atoms with van der Waals surface area (Å²) in [5, 5.41) is 3.00. The highest BCUT2D eigenvalue weighted by atomic mass is 35.5. The fourth-order valence-corrected chi connectivity index (χ4v) is 3.76. The highest BCUT2D eigenvalue weighted by Crippen LogP contribution is 2.30. The summed E-state index contributed by atoms with van der Waals surface area (Å²) in [4.78, 5) is 12.9. The molecule has 1 aliphatic heterocycles. The zero-order chi connectivity index (χ0) is 18.7. The van der Waals surface area contributed by atoms with Gasteiger partial charge in [-0.3, -0.25) is 4.79 Å². The lowest BCUT2D eigenvalue weighted by molar-refractivity contribution is -0.136. The van der Waals surface area contributed by atoms with Crippen molar-refractivity contribution in [3.63, 3.8) is 0 Å². The topological polar surface area (TPSA) is 102 Å². The summed E-state index contributed by atoms with van der Waals surface area (Å²) in [6.45, 7) is 3.23. The Morgan fingerprint density at radius 3 is 2.27 bits per heavy atom. The van der Waals surface area contributed by atoms with Gasteiger partial charge in [-0.15, -0.1) is 12.4 Å². The van der Waals surface area contributed by atoms with Gasteiger partial charge in [-0.25, -0.2) is 12.7 Å². The van der Waals surface area contributed by atoms with Gasteiger partial charge in [-0.05, 0) is 37.5 Å². The van der Waals surface area contributed by atoms with Gasteiger partial charge in [0.25, 0.3) is 0 Å². The van der Waals surface area contributed by atoms with Crippen molar-refractivity contribution in [1.82, 2.24) is 9.62 Å². The first kappa shape index (κ1) is 22.9. The quantitative estimate of drug-likeness (QED) is 0.742. The van der Waals surface area contributed by atoms with Gasteiger partial charge in [-0.1, -0.05) is 12.1 Å². The van der Waals surface area contributed by atoms with Crippen molar-refractivity contribution in [1.29, 1.82) is 0 Å². The molecule has 0 aliphatic carbocycles. The molecule has 1 aliphatic rings. The van der Waals surface area contributed by atoms with E-state index in [0.717, 1.165) is 5.56 Å². The number of nitrogens with zero attached hydrogens (tertiary/aromatic N) is 1. The molecule has 1 heterocycles. The minimum absolute atomic E-state index is 0. The lowest BCUT2D eigenvalue weighted by Crippen LogP contribution is -2.49. The second-order valence-corrected chi connectivity index (χ2v) is 8.80. The minimum Gasteiger partial charge on any atom is -0.381 e. The number of halogens is 1. The van der Waals surface area contributed by atoms with E-state index in [9.17, 15) is 13.2 Å². The van der Waals surface area contributed by atoms with E-state index in [1.54, 1.807) is 24.3 Å². The molecule has 7 nitrogen and oxygen atoms in total. The lowest BCUT2D eigenvalue weighted by Gasteiger charge is -2.35. The normalized spacial score (nSPS) is 18.0. The van der Waals surface area contributed by atoms with Crippen LogP contribution in [0.5, 0.6) is 0 Å². The lowest BCUT2D eigenvalue weighted by atomic mass is 9.79. The molecular formula is C17H28ClN3O4S. The molecule has 3 N–H and O–H groups in total. The molecule has 1 atom stereocenters.